The van der Waals surface area contributed by atoms with Gasteiger partial charge in [0, 0.05) is 27.5 Å². The molecule has 7 heteroatoms. The predicted molar refractivity (Wildman–Crippen MR) is 126 cm³/mol. The van der Waals surface area contributed by atoms with Crippen LogP contribution in [0.15, 0.2) is 53.1 Å². The summed E-state index contributed by atoms with van der Waals surface area (Å²) in [6, 6.07) is 13.9. The van der Waals surface area contributed by atoms with Crippen molar-refractivity contribution in [1.82, 2.24) is 9.88 Å². The Labute approximate surface area is 191 Å². The molecule has 0 aliphatic rings. The molecule has 3 aromatic rings. The molecule has 0 saturated heterocycles. The number of aromatic nitrogens is 1. The number of nitrogens with zero attached hydrogens (tertiary/aromatic N) is 1. The minimum absolute atomic E-state index is 0.113. The van der Waals surface area contributed by atoms with Crippen LogP contribution in [0.3, 0.4) is 0 Å². The van der Waals surface area contributed by atoms with Crippen LogP contribution < -0.4 is 4.72 Å². The first kappa shape index (κ1) is 23.5. The molecule has 3 rings (SSSR count). The van der Waals surface area contributed by atoms with Gasteiger partial charge in [0.2, 0.25) is 0 Å². The van der Waals surface area contributed by atoms with Crippen molar-refractivity contribution in [3.63, 3.8) is 0 Å². The molecule has 1 unspecified atom stereocenters. The van der Waals surface area contributed by atoms with Gasteiger partial charge in [-0.15, -0.1) is 4.72 Å². The van der Waals surface area contributed by atoms with E-state index in [1.165, 1.54) is 0 Å². The third kappa shape index (κ3) is 5.21. The second kappa shape index (κ2) is 9.57. The summed E-state index contributed by atoms with van der Waals surface area (Å²) < 4.78 is 21.2. The van der Waals surface area contributed by atoms with Crippen LogP contribution in [0.1, 0.15) is 67.5 Å². The average Bonchev–Trinajstić information content (AvgIpc) is 3.12. The third-order valence-electron chi connectivity index (χ3n) is 4.97. The lowest BCUT2D eigenvalue weighted by atomic mass is 9.91. The highest BCUT2D eigenvalue weighted by Crippen LogP contribution is 2.36. The Hall–Kier alpha value is -2.12. The molecule has 1 heterocycles. The molecular weight excluding hydrogens is 432 g/mol. The van der Waals surface area contributed by atoms with Crippen molar-refractivity contribution in [3.8, 4) is 11.1 Å². The number of halogens is 1. The van der Waals surface area contributed by atoms with Gasteiger partial charge in [-0.3, -0.25) is 4.79 Å². The van der Waals surface area contributed by atoms with E-state index in [9.17, 15) is 9.35 Å². The number of benzene rings is 2. The summed E-state index contributed by atoms with van der Waals surface area (Å²) in [5, 5.41) is 4.75. The van der Waals surface area contributed by atoms with Crippen molar-refractivity contribution < 1.29 is 13.9 Å². The molecule has 0 fully saturated rings. The van der Waals surface area contributed by atoms with Crippen LogP contribution >= 0.6 is 11.6 Å². The van der Waals surface area contributed by atoms with E-state index in [-0.39, 0.29) is 11.8 Å². The average molecular weight is 459 g/mol. The van der Waals surface area contributed by atoms with Crippen LogP contribution in [-0.4, -0.2) is 20.2 Å². The lowest BCUT2D eigenvalue weighted by molar-refractivity contribution is 0.103. The van der Waals surface area contributed by atoms with Crippen molar-refractivity contribution in [2.75, 3.05) is 0 Å². The van der Waals surface area contributed by atoms with Gasteiger partial charge in [-0.1, -0.05) is 47.9 Å². The van der Waals surface area contributed by atoms with Gasteiger partial charge in [0.15, 0.2) is 11.5 Å². The molecule has 0 bridgehead atoms. The molecule has 0 aliphatic heterocycles. The number of nitrogens with one attached hydrogen (secondary N) is 1. The quantitative estimate of drug-likeness (QED) is 0.345. The summed E-state index contributed by atoms with van der Waals surface area (Å²) >= 11 is 4.69. The fraction of sp³-hybridized carbons (Fsp3) is 0.333. The highest BCUT2D eigenvalue weighted by molar-refractivity contribution is 7.90. The minimum atomic E-state index is -1.29. The Bertz CT molecular complexity index is 1060. The SMILES string of the molecule is CC[C@H](N[S+]([O-])C(C)(C)C)c1onc(C)c1-c1ccccc1C(=O)c1ccc(Cl)cc1. The number of carbonyl (C=O) groups is 1. The van der Waals surface area contributed by atoms with Crippen molar-refractivity contribution >= 4 is 28.7 Å². The molecule has 0 radical (unpaired) electrons. The molecule has 2 aromatic carbocycles. The number of hydrogen-bond acceptors (Lipinski definition) is 5. The second-order valence-corrected chi connectivity index (χ2v) is 10.8. The number of ketones is 1. The van der Waals surface area contributed by atoms with Gasteiger partial charge >= 0.3 is 0 Å². The van der Waals surface area contributed by atoms with E-state index in [4.69, 9.17) is 16.1 Å². The predicted octanol–water partition coefficient (Wildman–Crippen LogP) is 6.04. The molecule has 0 spiro atoms. The Morgan fingerprint density at radius 3 is 2.45 bits per heavy atom. The fourth-order valence-electron chi connectivity index (χ4n) is 3.24. The maximum absolute atomic E-state index is 13.3. The molecule has 0 amide bonds. The fourth-order valence-corrected chi connectivity index (χ4v) is 4.25. The summed E-state index contributed by atoms with van der Waals surface area (Å²) in [6.07, 6.45) is 0.650. The molecule has 2 atom stereocenters. The van der Waals surface area contributed by atoms with E-state index in [0.717, 1.165) is 11.1 Å². The van der Waals surface area contributed by atoms with Gasteiger partial charge in [-0.2, -0.15) is 0 Å². The second-order valence-electron chi connectivity index (χ2n) is 8.35. The summed E-state index contributed by atoms with van der Waals surface area (Å²) in [6.45, 7) is 9.57. The first-order chi connectivity index (χ1) is 14.6. The molecule has 1 N–H and O–H groups in total. The number of hydrogen-bond donors (Lipinski definition) is 1. The van der Waals surface area contributed by atoms with Gasteiger partial charge < -0.3 is 9.08 Å². The van der Waals surface area contributed by atoms with E-state index in [1.54, 1.807) is 30.3 Å². The largest absolute Gasteiger partial charge is 0.598 e. The van der Waals surface area contributed by atoms with Crippen molar-refractivity contribution in [2.24, 2.45) is 0 Å². The molecule has 31 heavy (non-hydrogen) atoms. The van der Waals surface area contributed by atoms with E-state index < -0.39 is 16.1 Å². The Balaban J connectivity index is 2.06. The van der Waals surface area contributed by atoms with Crippen molar-refractivity contribution in [2.45, 2.75) is 51.8 Å². The molecular formula is C24H27ClN2O3S. The Morgan fingerprint density at radius 1 is 1.19 bits per heavy atom. The third-order valence-corrected chi connectivity index (χ3v) is 6.83. The van der Waals surface area contributed by atoms with E-state index in [0.29, 0.717) is 34.0 Å². The molecule has 164 valence electrons. The Morgan fingerprint density at radius 2 is 1.84 bits per heavy atom. The van der Waals surface area contributed by atoms with Gasteiger partial charge in [-0.25, -0.2) is 0 Å². The first-order valence-corrected chi connectivity index (χ1v) is 11.7. The highest BCUT2D eigenvalue weighted by Gasteiger charge is 2.33. The van der Waals surface area contributed by atoms with Crippen LogP contribution in [0.2, 0.25) is 5.02 Å². The van der Waals surface area contributed by atoms with E-state index in [1.807, 2.05) is 52.8 Å². The minimum Gasteiger partial charge on any atom is -0.598 e. The van der Waals surface area contributed by atoms with Crippen molar-refractivity contribution in [3.05, 3.63) is 76.1 Å². The topological polar surface area (TPSA) is 78.2 Å². The lowest BCUT2D eigenvalue weighted by Gasteiger charge is -2.27. The number of rotatable bonds is 7. The zero-order valence-electron chi connectivity index (χ0n) is 18.4. The Kier molecular flexibility index (Phi) is 7.27. The number of aryl methyl sites for hydroxylation is 1. The standard InChI is InChI=1S/C24H27ClN2O3S/c1-6-20(27-31(29)24(3,4)5)23-21(15(2)26-30-23)18-9-7-8-10-19(18)22(28)16-11-13-17(25)14-12-16/h7-14,20,27H,6H2,1-5H3/t20-,31?/m0/s1. The number of carbonyl (C=O) groups excluding carboxylic acids is 1. The normalized spacial score (nSPS) is 13.8. The van der Waals surface area contributed by atoms with Crippen LogP contribution in [0.25, 0.3) is 11.1 Å². The van der Waals surface area contributed by atoms with Crippen LogP contribution in [0.5, 0.6) is 0 Å². The molecule has 5 nitrogen and oxygen atoms in total. The highest BCUT2D eigenvalue weighted by atomic mass is 35.5. The molecule has 1 aromatic heterocycles. The van der Waals surface area contributed by atoms with E-state index in [2.05, 4.69) is 9.88 Å². The summed E-state index contributed by atoms with van der Waals surface area (Å²) in [5.41, 5.74) is 3.25. The molecule has 0 aliphatic carbocycles. The van der Waals surface area contributed by atoms with Crippen LogP contribution in [0, 0.1) is 6.92 Å². The van der Waals surface area contributed by atoms with Gasteiger partial charge in [0.25, 0.3) is 0 Å². The summed E-state index contributed by atoms with van der Waals surface area (Å²) in [7, 11) is 0. The monoisotopic (exact) mass is 458 g/mol. The van der Waals surface area contributed by atoms with Gasteiger partial charge in [-0.05, 0) is 63.9 Å². The van der Waals surface area contributed by atoms with E-state index >= 15 is 0 Å². The smallest absolute Gasteiger partial charge is 0.193 e. The van der Waals surface area contributed by atoms with Crippen LogP contribution in [0.4, 0.5) is 0 Å². The maximum atomic E-state index is 13.3. The zero-order valence-corrected chi connectivity index (χ0v) is 19.9. The first-order valence-electron chi connectivity index (χ1n) is 10.2. The molecule has 0 saturated carbocycles. The lowest BCUT2D eigenvalue weighted by Crippen LogP contribution is -2.41. The van der Waals surface area contributed by atoms with Gasteiger partial charge in [0.05, 0.1) is 11.3 Å². The maximum Gasteiger partial charge on any atom is 0.193 e. The zero-order chi connectivity index (χ0) is 22.8. The summed E-state index contributed by atoms with van der Waals surface area (Å²) in [5.74, 6) is 0.465. The van der Waals surface area contributed by atoms with Crippen molar-refractivity contribution in [1.29, 1.82) is 0 Å². The summed E-state index contributed by atoms with van der Waals surface area (Å²) in [4.78, 5) is 13.3. The van der Waals surface area contributed by atoms with Crippen LogP contribution in [-0.2, 0) is 11.4 Å². The van der Waals surface area contributed by atoms with Gasteiger partial charge in [0.1, 0.15) is 10.8 Å².